The predicted molar refractivity (Wildman–Crippen MR) is 62.2 cm³/mol. The highest BCUT2D eigenvalue weighted by Gasteiger charge is 2.53. The first kappa shape index (κ1) is 12.0. The Hall–Kier alpha value is -1.49. The second kappa shape index (κ2) is 3.50. The lowest BCUT2D eigenvalue weighted by atomic mass is 9.75. The van der Waals surface area contributed by atoms with Crippen LogP contribution in [0.1, 0.15) is 32.3 Å². The zero-order valence-corrected chi connectivity index (χ0v) is 9.87. The van der Waals surface area contributed by atoms with E-state index in [2.05, 4.69) is 0 Å². The molecule has 0 bridgehead atoms. The van der Waals surface area contributed by atoms with Gasteiger partial charge in [-0.2, -0.15) is 0 Å². The fraction of sp³-hybridized carbons (Fsp3) is 0.500. The van der Waals surface area contributed by atoms with Gasteiger partial charge in [0.2, 0.25) is 0 Å². The number of hydrogen-bond donors (Lipinski definition) is 1. The lowest BCUT2D eigenvalue weighted by molar-refractivity contribution is -0.386. The standard InChI is InChI=1S/C12H15FN2O2/c1-11(2,12(14)5-6-12)9-7-8(13)3-4-10(9)15(16)17/h3-4,7H,5-6,14H2,1-2H3. The largest absolute Gasteiger partial charge is 0.324 e. The normalized spacial score (nSPS) is 17.9. The Morgan fingerprint density at radius 3 is 2.53 bits per heavy atom. The van der Waals surface area contributed by atoms with Crippen LogP contribution in [0.3, 0.4) is 0 Å². The molecule has 1 aromatic carbocycles. The lowest BCUT2D eigenvalue weighted by Gasteiger charge is -2.32. The van der Waals surface area contributed by atoms with Crippen molar-refractivity contribution in [2.24, 2.45) is 5.73 Å². The van der Waals surface area contributed by atoms with Gasteiger partial charge in [0.1, 0.15) is 5.82 Å². The fourth-order valence-corrected chi connectivity index (χ4v) is 2.20. The number of benzene rings is 1. The summed E-state index contributed by atoms with van der Waals surface area (Å²) in [6.07, 6.45) is 1.63. The van der Waals surface area contributed by atoms with Crippen molar-refractivity contribution in [3.05, 3.63) is 39.7 Å². The smallest absolute Gasteiger partial charge is 0.273 e. The fourth-order valence-electron chi connectivity index (χ4n) is 2.20. The SMILES string of the molecule is CC(C)(c1cc(F)ccc1[N+](=O)[O-])C1(N)CC1. The van der Waals surface area contributed by atoms with Gasteiger partial charge in [-0.15, -0.1) is 0 Å². The summed E-state index contributed by atoms with van der Waals surface area (Å²) in [5.41, 5.74) is 5.39. The molecule has 2 rings (SSSR count). The zero-order chi connectivity index (χ0) is 12.8. The van der Waals surface area contributed by atoms with Gasteiger partial charge in [0.25, 0.3) is 5.69 Å². The van der Waals surface area contributed by atoms with Crippen molar-refractivity contribution in [3.63, 3.8) is 0 Å². The average Bonchev–Trinajstić information content (AvgIpc) is 2.97. The van der Waals surface area contributed by atoms with Crippen LogP contribution < -0.4 is 5.73 Å². The molecule has 0 spiro atoms. The average molecular weight is 238 g/mol. The first-order valence-corrected chi connectivity index (χ1v) is 5.51. The molecule has 2 N–H and O–H groups in total. The Labute approximate surface area is 98.8 Å². The van der Waals surface area contributed by atoms with Crippen LogP contribution in [0, 0.1) is 15.9 Å². The molecule has 1 saturated carbocycles. The molecule has 0 unspecified atom stereocenters. The van der Waals surface area contributed by atoms with E-state index in [4.69, 9.17) is 5.73 Å². The first-order chi connectivity index (χ1) is 7.78. The Bertz CT molecular complexity index is 481. The maximum atomic E-state index is 13.3. The number of nitro benzene ring substituents is 1. The van der Waals surface area contributed by atoms with E-state index >= 15 is 0 Å². The van der Waals surface area contributed by atoms with Gasteiger partial charge in [0.15, 0.2) is 0 Å². The molecule has 92 valence electrons. The number of nitrogens with two attached hydrogens (primary N) is 1. The molecule has 4 nitrogen and oxygen atoms in total. The zero-order valence-electron chi connectivity index (χ0n) is 9.87. The van der Waals surface area contributed by atoms with Crippen molar-refractivity contribution in [3.8, 4) is 0 Å². The highest BCUT2D eigenvalue weighted by atomic mass is 19.1. The molecular formula is C12H15FN2O2. The van der Waals surface area contributed by atoms with E-state index < -0.39 is 21.7 Å². The molecule has 1 aliphatic rings. The van der Waals surface area contributed by atoms with E-state index in [1.54, 1.807) is 0 Å². The van der Waals surface area contributed by atoms with Gasteiger partial charge >= 0.3 is 0 Å². The number of nitro groups is 1. The Kier molecular flexibility index (Phi) is 2.47. The van der Waals surface area contributed by atoms with Crippen LogP contribution in [0.5, 0.6) is 0 Å². The van der Waals surface area contributed by atoms with Gasteiger partial charge in [-0.1, -0.05) is 13.8 Å². The predicted octanol–water partition coefficient (Wildman–Crippen LogP) is 2.50. The van der Waals surface area contributed by atoms with Gasteiger partial charge in [-0.25, -0.2) is 4.39 Å². The van der Waals surface area contributed by atoms with Gasteiger partial charge < -0.3 is 5.73 Å². The van der Waals surface area contributed by atoms with E-state index in [-0.39, 0.29) is 5.69 Å². The third kappa shape index (κ3) is 1.80. The molecule has 0 aromatic heterocycles. The molecule has 0 atom stereocenters. The van der Waals surface area contributed by atoms with Gasteiger partial charge in [0, 0.05) is 22.6 Å². The molecule has 0 heterocycles. The van der Waals surface area contributed by atoms with Crippen molar-refractivity contribution >= 4 is 5.69 Å². The Balaban J connectivity index is 2.57. The topological polar surface area (TPSA) is 69.2 Å². The second-order valence-corrected chi connectivity index (χ2v) is 5.20. The molecule has 0 radical (unpaired) electrons. The lowest BCUT2D eigenvalue weighted by Crippen LogP contribution is -2.43. The maximum absolute atomic E-state index is 13.3. The molecule has 17 heavy (non-hydrogen) atoms. The van der Waals surface area contributed by atoms with Crippen LogP contribution >= 0.6 is 0 Å². The maximum Gasteiger partial charge on any atom is 0.273 e. The summed E-state index contributed by atoms with van der Waals surface area (Å²) in [7, 11) is 0. The summed E-state index contributed by atoms with van der Waals surface area (Å²) in [6.45, 7) is 3.67. The summed E-state index contributed by atoms with van der Waals surface area (Å²) in [5.74, 6) is -0.470. The van der Waals surface area contributed by atoms with E-state index in [1.165, 1.54) is 12.1 Å². The molecule has 0 saturated heterocycles. The highest BCUT2D eigenvalue weighted by molar-refractivity contribution is 5.48. The summed E-state index contributed by atoms with van der Waals surface area (Å²) < 4.78 is 13.3. The Morgan fingerprint density at radius 2 is 2.06 bits per heavy atom. The summed E-state index contributed by atoms with van der Waals surface area (Å²) >= 11 is 0. The minimum absolute atomic E-state index is 0.0619. The van der Waals surface area contributed by atoms with Crippen molar-refractivity contribution in [1.82, 2.24) is 0 Å². The van der Waals surface area contributed by atoms with Crippen LogP contribution in [-0.2, 0) is 5.41 Å². The van der Waals surface area contributed by atoms with Crippen molar-refractivity contribution in [2.75, 3.05) is 0 Å². The molecule has 5 heteroatoms. The van der Waals surface area contributed by atoms with Gasteiger partial charge in [0.05, 0.1) is 4.92 Å². The third-order valence-corrected chi connectivity index (χ3v) is 3.86. The summed E-state index contributed by atoms with van der Waals surface area (Å²) in [4.78, 5) is 10.5. The van der Waals surface area contributed by atoms with E-state index in [0.717, 1.165) is 18.9 Å². The van der Waals surface area contributed by atoms with E-state index in [9.17, 15) is 14.5 Å². The van der Waals surface area contributed by atoms with Crippen molar-refractivity contribution in [2.45, 2.75) is 37.6 Å². The van der Waals surface area contributed by atoms with Crippen LogP contribution in [0.25, 0.3) is 0 Å². The van der Waals surface area contributed by atoms with Crippen LogP contribution in [0.2, 0.25) is 0 Å². The molecule has 0 aliphatic heterocycles. The van der Waals surface area contributed by atoms with Crippen LogP contribution in [0.4, 0.5) is 10.1 Å². The molecule has 0 amide bonds. The van der Waals surface area contributed by atoms with Crippen LogP contribution in [0.15, 0.2) is 18.2 Å². The molecule has 1 fully saturated rings. The number of nitrogens with zero attached hydrogens (tertiary/aromatic N) is 1. The van der Waals surface area contributed by atoms with Crippen LogP contribution in [-0.4, -0.2) is 10.5 Å². The van der Waals surface area contributed by atoms with Gasteiger partial charge in [-0.05, 0) is 25.0 Å². The summed E-state index contributed by atoms with van der Waals surface area (Å²) in [5, 5.41) is 11.0. The quantitative estimate of drug-likeness (QED) is 0.649. The molecular weight excluding hydrogens is 223 g/mol. The van der Waals surface area contributed by atoms with Crippen molar-refractivity contribution in [1.29, 1.82) is 0 Å². The van der Waals surface area contributed by atoms with Gasteiger partial charge in [-0.3, -0.25) is 10.1 Å². The number of rotatable bonds is 3. The summed E-state index contributed by atoms with van der Waals surface area (Å²) in [6, 6.07) is 3.54. The monoisotopic (exact) mass is 238 g/mol. The minimum Gasteiger partial charge on any atom is -0.324 e. The third-order valence-electron chi connectivity index (χ3n) is 3.86. The number of hydrogen-bond acceptors (Lipinski definition) is 3. The second-order valence-electron chi connectivity index (χ2n) is 5.20. The number of halogens is 1. The van der Waals surface area contributed by atoms with Crippen molar-refractivity contribution < 1.29 is 9.31 Å². The molecule has 1 aromatic rings. The Morgan fingerprint density at radius 1 is 1.47 bits per heavy atom. The highest BCUT2D eigenvalue weighted by Crippen LogP contribution is 2.51. The first-order valence-electron chi connectivity index (χ1n) is 5.51. The van der Waals surface area contributed by atoms with E-state index in [0.29, 0.717) is 5.56 Å². The minimum atomic E-state index is -0.600. The molecule has 1 aliphatic carbocycles. The van der Waals surface area contributed by atoms with E-state index in [1.807, 2.05) is 13.8 Å².